The number of anilines is 1. The average Bonchev–Trinajstić information content (AvgIpc) is 2.79. The summed E-state index contributed by atoms with van der Waals surface area (Å²) in [7, 11) is -1.39. The van der Waals surface area contributed by atoms with Crippen molar-refractivity contribution in [1.82, 2.24) is 0 Å². The molecule has 0 fully saturated rings. The Labute approximate surface area is 193 Å². The lowest BCUT2D eigenvalue weighted by molar-refractivity contribution is -0.161. The highest BCUT2D eigenvalue weighted by Crippen LogP contribution is 2.17. The molecule has 2 rings (SSSR count). The molecule has 0 aliphatic heterocycles. The molecule has 1 N–H and O–H groups in total. The Morgan fingerprint density at radius 3 is 2.06 bits per heavy atom. The molecule has 0 heterocycles. The van der Waals surface area contributed by atoms with Gasteiger partial charge in [-0.2, -0.15) is 0 Å². The van der Waals surface area contributed by atoms with Gasteiger partial charge in [-0.3, -0.25) is 9.59 Å². The van der Waals surface area contributed by atoms with Crippen molar-refractivity contribution in [3.63, 3.8) is 0 Å². The number of hydrogen-bond donors (Lipinski definition) is 1. The van der Waals surface area contributed by atoms with Crippen LogP contribution >= 0.6 is 0 Å². The largest absolute Gasteiger partial charge is 0.465 e. The van der Waals surface area contributed by atoms with Gasteiger partial charge in [0.05, 0.1) is 21.3 Å². The van der Waals surface area contributed by atoms with E-state index < -0.39 is 25.9 Å². The molecule has 2 aromatic rings. The van der Waals surface area contributed by atoms with Crippen LogP contribution in [0.25, 0.3) is 0 Å². The van der Waals surface area contributed by atoms with E-state index in [1.165, 1.54) is 11.2 Å². The van der Waals surface area contributed by atoms with Gasteiger partial charge in [0.15, 0.2) is 5.92 Å². The van der Waals surface area contributed by atoms with Gasteiger partial charge >= 0.3 is 11.9 Å². The van der Waals surface area contributed by atoms with Crippen LogP contribution in [-0.4, -0.2) is 39.8 Å². The topological polar surface area (TPSA) is 64.6 Å². The first-order valence-corrected chi connectivity index (χ1v) is 14.8. The zero-order chi connectivity index (χ0) is 23.4. The summed E-state index contributed by atoms with van der Waals surface area (Å²) < 4.78 is 10.1. The number of benzene rings is 2. The summed E-state index contributed by atoms with van der Waals surface area (Å²) >= 11 is 0. The number of carbonyl (C=O) groups excluding carboxylic acids is 2. The van der Waals surface area contributed by atoms with Crippen molar-refractivity contribution >= 4 is 30.9 Å². The molecule has 32 heavy (non-hydrogen) atoms. The molecule has 0 unspecified atom stereocenters. The number of esters is 2. The maximum atomic E-state index is 12.1. The zero-order valence-corrected chi connectivity index (χ0v) is 20.9. The first kappa shape index (κ1) is 25.7. The Morgan fingerprint density at radius 1 is 0.906 bits per heavy atom. The summed E-state index contributed by atoms with van der Waals surface area (Å²) in [6.45, 7) is 9.76. The molecule has 0 aliphatic rings. The van der Waals surface area contributed by atoms with Crippen LogP contribution in [0.2, 0.25) is 19.1 Å². The number of ether oxygens (including phenoxy) is 2. The highest BCUT2D eigenvalue weighted by molar-refractivity contribution is 6.89. The molecule has 0 aromatic heterocycles. The normalized spacial score (nSPS) is 11.3. The maximum Gasteiger partial charge on any atom is 0.320 e. The van der Waals surface area contributed by atoms with Gasteiger partial charge in [-0.15, -0.1) is 0 Å². The number of aryl methyl sites for hydroxylation is 1. The predicted octanol–water partition coefficient (Wildman–Crippen LogP) is 4.78. The van der Waals surface area contributed by atoms with Crippen LogP contribution in [-0.2, 0) is 25.5 Å². The molecule has 0 saturated heterocycles. The third kappa shape index (κ3) is 8.15. The molecule has 5 nitrogen and oxygen atoms in total. The average molecular weight is 456 g/mol. The van der Waals surface area contributed by atoms with Gasteiger partial charge < -0.3 is 14.8 Å². The van der Waals surface area contributed by atoms with Crippen LogP contribution in [0.15, 0.2) is 54.6 Å². The van der Waals surface area contributed by atoms with Crippen molar-refractivity contribution in [2.24, 2.45) is 5.92 Å². The predicted molar refractivity (Wildman–Crippen MR) is 133 cm³/mol. The minimum Gasteiger partial charge on any atom is -0.465 e. The lowest BCUT2D eigenvalue weighted by atomic mass is 9.99. The molecule has 0 spiro atoms. The van der Waals surface area contributed by atoms with Crippen molar-refractivity contribution in [3.8, 4) is 0 Å². The van der Waals surface area contributed by atoms with Crippen LogP contribution in [0, 0.1) is 5.92 Å². The third-order valence-corrected chi connectivity index (χ3v) is 9.18. The molecule has 2 aromatic carbocycles. The maximum absolute atomic E-state index is 12.1. The number of nitrogens with one attached hydrogen (secondary N) is 1. The summed E-state index contributed by atoms with van der Waals surface area (Å²) in [6.07, 6.45) is 2.12. The van der Waals surface area contributed by atoms with Gasteiger partial charge in [0, 0.05) is 12.2 Å². The molecule has 0 atom stereocenters. The monoisotopic (exact) mass is 455 g/mol. The van der Waals surface area contributed by atoms with E-state index in [1.54, 1.807) is 13.8 Å². The van der Waals surface area contributed by atoms with E-state index in [0.717, 1.165) is 24.2 Å². The Hall–Kier alpha value is -2.60. The summed E-state index contributed by atoms with van der Waals surface area (Å²) in [5, 5.41) is 5.01. The molecular weight excluding hydrogens is 418 g/mol. The van der Waals surface area contributed by atoms with E-state index in [-0.39, 0.29) is 13.2 Å². The summed E-state index contributed by atoms with van der Waals surface area (Å²) in [4.78, 5) is 24.2. The molecule has 0 radical (unpaired) electrons. The van der Waals surface area contributed by atoms with E-state index in [4.69, 9.17) is 9.47 Å². The second-order valence-electron chi connectivity index (χ2n) is 8.57. The summed E-state index contributed by atoms with van der Waals surface area (Å²) in [5.74, 6) is -1.89. The Morgan fingerprint density at radius 2 is 1.50 bits per heavy atom. The standard InChI is InChI=1S/C26H37NO4Si/c1-5-30-25(28)24(26(29)31-6-2)18-15-21-13-16-22(17-14-21)27-19-10-20-32(3,4)23-11-8-7-9-12-23/h7-9,11-14,16-17,24,27H,5-6,10,15,18-20H2,1-4H3. The Balaban J connectivity index is 1.81. The van der Waals surface area contributed by atoms with E-state index in [9.17, 15) is 9.59 Å². The lowest BCUT2D eigenvalue weighted by Crippen LogP contribution is -2.41. The van der Waals surface area contributed by atoms with Crippen molar-refractivity contribution in [2.75, 3.05) is 25.1 Å². The molecule has 174 valence electrons. The van der Waals surface area contributed by atoms with Crippen molar-refractivity contribution in [3.05, 3.63) is 60.2 Å². The molecule has 0 amide bonds. The lowest BCUT2D eigenvalue weighted by Gasteiger charge is -2.23. The van der Waals surface area contributed by atoms with E-state index >= 15 is 0 Å². The van der Waals surface area contributed by atoms with E-state index in [1.807, 2.05) is 12.1 Å². The van der Waals surface area contributed by atoms with Crippen molar-refractivity contribution in [1.29, 1.82) is 0 Å². The molecule has 0 saturated carbocycles. The first-order valence-electron chi connectivity index (χ1n) is 11.6. The SMILES string of the molecule is CCOC(=O)C(CCc1ccc(NCCC[Si](C)(C)c2ccccc2)cc1)C(=O)OCC. The van der Waals surface area contributed by atoms with Gasteiger partial charge in [-0.05, 0) is 50.8 Å². The fraction of sp³-hybridized carbons (Fsp3) is 0.462. The van der Waals surface area contributed by atoms with Gasteiger partial charge in [0.25, 0.3) is 0 Å². The third-order valence-electron chi connectivity index (χ3n) is 5.68. The van der Waals surface area contributed by atoms with Crippen LogP contribution in [0.1, 0.15) is 32.3 Å². The second-order valence-corrected chi connectivity index (χ2v) is 13.4. The highest BCUT2D eigenvalue weighted by atomic mass is 28.3. The van der Waals surface area contributed by atoms with Gasteiger partial charge in [0.1, 0.15) is 0 Å². The highest BCUT2D eigenvalue weighted by Gasteiger charge is 2.29. The zero-order valence-electron chi connectivity index (χ0n) is 19.9. The van der Waals surface area contributed by atoms with Crippen LogP contribution in [0.5, 0.6) is 0 Å². The van der Waals surface area contributed by atoms with Crippen LogP contribution in [0.3, 0.4) is 0 Å². The number of rotatable bonds is 13. The molecular formula is C26H37NO4Si. The summed E-state index contributed by atoms with van der Waals surface area (Å²) in [5.41, 5.74) is 2.16. The van der Waals surface area contributed by atoms with Gasteiger partial charge in [0.2, 0.25) is 0 Å². The quantitative estimate of drug-likeness (QED) is 0.204. The fourth-order valence-electron chi connectivity index (χ4n) is 3.71. The van der Waals surface area contributed by atoms with E-state index in [2.05, 4.69) is 60.9 Å². The number of carbonyl (C=O) groups is 2. The smallest absolute Gasteiger partial charge is 0.320 e. The minimum absolute atomic E-state index is 0.250. The van der Waals surface area contributed by atoms with Crippen LogP contribution < -0.4 is 10.5 Å². The Kier molecular flexibility index (Phi) is 10.5. The van der Waals surface area contributed by atoms with E-state index in [0.29, 0.717) is 12.8 Å². The fourth-order valence-corrected chi connectivity index (χ4v) is 6.16. The van der Waals surface area contributed by atoms with Crippen molar-refractivity contribution < 1.29 is 19.1 Å². The second kappa shape index (κ2) is 13.1. The Bertz CT molecular complexity index is 819. The van der Waals surface area contributed by atoms with Gasteiger partial charge in [-0.25, -0.2) is 0 Å². The van der Waals surface area contributed by atoms with Gasteiger partial charge in [-0.1, -0.05) is 66.8 Å². The molecule has 6 heteroatoms. The van der Waals surface area contributed by atoms with Crippen LogP contribution in [0.4, 0.5) is 5.69 Å². The molecule has 0 aliphatic carbocycles. The first-order chi connectivity index (χ1) is 15.4. The minimum atomic E-state index is -1.39. The van der Waals surface area contributed by atoms with Crippen molar-refractivity contribution in [2.45, 2.75) is 52.2 Å². The number of hydrogen-bond acceptors (Lipinski definition) is 5. The molecule has 0 bridgehead atoms. The summed E-state index contributed by atoms with van der Waals surface area (Å²) in [6, 6.07) is 20.3.